The molecule has 1 aromatic heterocycles. The number of piperazine rings is 1. The van der Waals surface area contributed by atoms with Crippen LogP contribution in [-0.2, 0) is 14.4 Å². The molecule has 4 amide bonds. The molecule has 12 heteroatoms. The normalized spacial score (nSPS) is 26.3. The summed E-state index contributed by atoms with van der Waals surface area (Å²) in [6.45, 7) is 1.13. The van der Waals surface area contributed by atoms with Gasteiger partial charge in [0.05, 0.1) is 18.8 Å². The molecule has 1 aromatic rings. The fourth-order valence-corrected chi connectivity index (χ4v) is 4.89. The van der Waals surface area contributed by atoms with Crippen LogP contribution in [0.5, 0.6) is 0 Å². The number of nitrogens with zero attached hydrogens (tertiary/aromatic N) is 4. The highest BCUT2D eigenvalue weighted by molar-refractivity contribution is 7.99. The predicted octanol–water partition coefficient (Wildman–Crippen LogP) is -1.81. The Morgan fingerprint density at radius 3 is 2.81 bits per heavy atom. The summed E-state index contributed by atoms with van der Waals surface area (Å²) in [7, 11) is 0. The molecule has 3 atom stereocenters. The predicted molar refractivity (Wildman–Crippen MR) is 112 cm³/mol. The van der Waals surface area contributed by atoms with Gasteiger partial charge in [-0.1, -0.05) is 0 Å². The Morgan fingerprint density at radius 1 is 1.23 bits per heavy atom. The third-order valence-corrected chi connectivity index (χ3v) is 6.59. The van der Waals surface area contributed by atoms with E-state index in [1.54, 1.807) is 11.8 Å². The number of aromatic nitrogens is 2. The average Bonchev–Trinajstić information content (AvgIpc) is 3.35. The van der Waals surface area contributed by atoms with Gasteiger partial charge < -0.3 is 20.4 Å². The maximum absolute atomic E-state index is 13.2. The molecular weight excluding hydrogens is 422 g/mol. The van der Waals surface area contributed by atoms with Crippen molar-refractivity contribution in [2.24, 2.45) is 0 Å². The monoisotopic (exact) mass is 447 g/mol. The number of rotatable bonds is 4. The van der Waals surface area contributed by atoms with Crippen molar-refractivity contribution in [2.75, 3.05) is 37.8 Å². The van der Waals surface area contributed by atoms with E-state index in [0.29, 0.717) is 24.6 Å². The summed E-state index contributed by atoms with van der Waals surface area (Å²) in [5.41, 5.74) is 0.182. The van der Waals surface area contributed by atoms with Gasteiger partial charge in [-0.05, 0) is 12.8 Å². The van der Waals surface area contributed by atoms with Crippen molar-refractivity contribution >= 4 is 35.4 Å². The molecule has 166 valence electrons. The van der Waals surface area contributed by atoms with Gasteiger partial charge >= 0.3 is 0 Å². The molecule has 4 rings (SSSR count). The van der Waals surface area contributed by atoms with Crippen molar-refractivity contribution in [3.8, 4) is 0 Å². The minimum atomic E-state index is -0.885. The second-order valence-corrected chi connectivity index (χ2v) is 8.69. The van der Waals surface area contributed by atoms with Crippen LogP contribution in [0, 0.1) is 0 Å². The summed E-state index contributed by atoms with van der Waals surface area (Å²) < 4.78 is 0. The first-order valence-electron chi connectivity index (χ1n) is 10.3. The van der Waals surface area contributed by atoms with Crippen LogP contribution in [0.4, 0.5) is 0 Å². The summed E-state index contributed by atoms with van der Waals surface area (Å²) in [6, 6.07) is -1.88. The van der Waals surface area contributed by atoms with Crippen LogP contribution in [0.1, 0.15) is 23.3 Å². The van der Waals surface area contributed by atoms with Gasteiger partial charge in [0, 0.05) is 43.7 Å². The molecule has 0 unspecified atom stereocenters. The van der Waals surface area contributed by atoms with E-state index < -0.39 is 18.0 Å². The number of hydrogen-bond donors (Lipinski definition) is 3. The van der Waals surface area contributed by atoms with Gasteiger partial charge in [0.15, 0.2) is 0 Å². The molecule has 4 heterocycles. The minimum Gasteiger partial charge on any atom is -0.354 e. The summed E-state index contributed by atoms with van der Waals surface area (Å²) in [5, 5.41) is 8.66. The maximum atomic E-state index is 13.2. The van der Waals surface area contributed by atoms with Crippen LogP contribution in [0.15, 0.2) is 18.6 Å². The fourth-order valence-electron chi connectivity index (χ4n) is 3.96. The Labute approximate surface area is 183 Å². The fraction of sp³-hybridized carbons (Fsp3) is 0.579. The van der Waals surface area contributed by atoms with Crippen molar-refractivity contribution in [2.45, 2.75) is 31.0 Å². The molecule has 0 aliphatic carbocycles. The van der Waals surface area contributed by atoms with E-state index in [1.165, 1.54) is 28.4 Å². The summed E-state index contributed by atoms with van der Waals surface area (Å²) in [5.74, 6) is 0.151. The van der Waals surface area contributed by atoms with Gasteiger partial charge in [0.25, 0.3) is 5.91 Å². The molecule has 3 aliphatic rings. The Hall–Kier alpha value is -2.73. The standard InChI is InChI=1S/C19H25N7O4S/c27-16-12(2-1-3-22-16)24-17(28)15-9-25(18(29)13-8-20-4-5-21-13)6-7-26(15)19(30)14-10-31-11-23-14/h4-5,8,12,14-15,23H,1-3,6-7,9-11H2,(H,22,27)(H,24,28)/t12-,14-,15+/m0/s1. The van der Waals surface area contributed by atoms with E-state index in [0.717, 1.165) is 6.42 Å². The van der Waals surface area contributed by atoms with Crippen LogP contribution in [0.3, 0.4) is 0 Å². The van der Waals surface area contributed by atoms with E-state index in [1.807, 2.05) is 0 Å². The lowest BCUT2D eigenvalue weighted by Crippen LogP contribution is -2.65. The molecule has 3 aliphatic heterocycles. The SMILES string of the molecule is O=C1NCCC[C@@H]1NC(=O)[C@H]1CN(C(=O)c2cnccn2)CCN1C(=O)[C@@H]1CSCN1. The molecule has 0 bridgehead atoms. The molecule has 3 N–H and O–H groups in total. The first-order valence-corrected chi connectivity index (χ1v) is 11.4. The smallest absolute Gasteiger partial charge is 0.274 e. The Balaban J connectivity index is 1.51. The number of nitrogens with one attached hydrogen (secondary N) is 3. The lowest BCUT2D eigenvalue weighted by molar-refractivity contribution is -0.145. The van der Waals surface area contributed by atoms with E-state index in [2.05, 4.69) is 25.9 Å². The van der Waals surface area contributed by atoms with Crippen LogP contribution in [0.25, 0.3) is 0 Å². The topological polar surface area (TPSA) is 137 Å². The average molecular weight is 448 g/mol. The number of amides is 4. The van der Waals surface area contributed by atoms with Crippen LogP contribution < -0.4 is 16.0 Å². The third-order valence-electron chi connectivity index (χ3n) is 5.65. The molecule has 31 heavy (non-hydrogen) atoms. The zero-order valence-electron chi connectivity index (χ0n) is 17.0. The first kappa shape index (κ1) is 21.5. The Morgan fingerprint density at radius 2 is 2.10 bits per heavy atom. The first-order chi connectivity index (χ1) is 15.0. The summed E-state index contributed by atoms with van der Waals surface area (Å²) >= 11 is 1.62. The lowest BCUT2D eigenvalue weighted by atomic mass is 10.0. The number of hydrogen-bond acceptors (Lipinski definition) is 8. The highest BCUT2D eigenvalue weighted by Gasteiger charge is 2.41. The van der Waals surface area contributed by atoms with E-state index in [9.17, 15) is 19.2 Å². The van der Waals surface area contributed by atoms with Crippen molar-refractivity contribution < 1.29 is 19.2 Å². The van der Waals surface area contributed by atoms with Crippen LogP contribution in [0.2, 0.25) is 0 Å². The zero-order valence-corrected chi connectivity index (χ0v) is 17.8. The van der Waals surface area contributed by atoms with Crippen LogP contribution >= 0.6 is 11.8 Å². The molecule has 3 fully saturated rings. The Bertz CT molecular complexity index is 849. The molecule has 11 nitrogen and oxygen atoms in total. The maximum Gasteiger partial charge on any atom is 0.274 e. The quantitative estimate of drug-likeness (QED) is 0.491. The largest absolute Gasteiger partial charge is 0.354 e. The molecule has 0 aromatic carbocycles. The highest BCUT2D eigenvalue weighted by atomic mass is 32.2. The van der Waals surface area contributed by atoms with Crippen molar-refractivity contribution in [1.82, 2.24) is 35.7 Å². The van der Waals surface area contributed by atoms with Gasteiger partial charge in [-0.3, -0.25) is 29.5 Å². The van der Waals surface area contributed by atoms with E-state index >= 15 is 0 Å². The second kappa shape index (κ2) is 9.60. The van der Waals surface area contributed by atoms with Gasteiger partial charge in [-0.15, -0.1) is 11.8 Å². The van der Waals surface area contributed by atoms with E-state index in [4.69, 9.17) is 0 Å². The number of thioether (sulfide) groups is 1. The Kier molecular flexibility index (Phi) is 6.66. The van der Waals surface area contributed by atoms with Gasteiger partial charge in [-0.25, -0.2) is 4.98 Å². The van der Waals surface area contributed by atoms with Crippen molar-refractivity contribution in [3.63, 3.8) is 0 Å². The zero-order chi connectivity index (χ0) is 21.8. The second-order valence-electron chi connectivity index (χ2n) is 7.66. The van der Waals surface area contributed by atoms with Crippen molar-refractivity contribution in [1.29, 1.82) is 0 Å². The number of piperidine rings is 1. The highest BCUT2D eigenvalue weighted by Crippen LogP contribution is 2.18. The van der Waals surface area contributed by atoms with Gasteiger partial charge in [0.2, 0.25) is 17.7 Å². The third kappa shape index (κ3) is 4.79. The summed E-state index contributed by atoms with van der Waals surface area (Å²) in [6.07, 6.45) is 5.60. The molecule has 0 radical (unpaired) electrons. The number of carbonyl (C=O) groups excluding carboxylic acids is 4. The van der Waals surface area contributed by atoms with E-state index in [-0.39, 0.29) is 49.1 Å². The minimum absolute atomic E-state index is 0.0290. The van der Waals surface area contributed by atoms with Crippen LogP contribution in [-0.4, -0.2) is 99.3 Å². The lowest BCUT2D eigenvalue weighted by Gasteiger charge is -2.41. The molecule has 0 spiro atoms. The molecule has 3 saturated heterocycles. The summed E-state index contributed by atoms with van der Waals surface area (Å²) in [4.78, 5) is 62.2. The molecule has 0 saturated carbocycles. The van der Waals surface area contributed by atoms with Gasteiger partial charge in [0.1, 0.15) is 17.8 Å². The van der Waals surface area contributed by atoms with Crippen molar-refractivity contribution in [3.05, 3.63) is 24.3 Å². The molecular formula is C19H25N7O4S. The number of carbonyl (C=O) groups is 4. The van der Waals surface area contributed by atoms with Gasteiger partial charge in [-0.2, -0.15) is 0 Å².